The van der Waals surface area contributed by atoms with Gasteiger partial charge in [-0.05, 0) is 25.0 Å². The lowest BCUT2D eigenvalue weighted by atomic mass is 10.0. The van der Waals surface area contributed by atoms with Crippen LogP contribution in [-0.2, 0) is 13.5 Å². The lowest BCUT2D eigenvalue weighted by molar-refractivity contribution is 0.0985. The fourth-order valence-corrected chi connectivity index (χ4v) is 3.83. The van der Waals surface area contributed by atoms with Gasteiger partial charge in [-0.1, -0.05) is 73.6 Å². The Balaban J connectivity index is 0. The van der Waals surface area contributed by atoms with Gasteiger partial charge in [0.05, 0.1) is 0 Å². The molecule has 1 aromatic heterocycles. The van der Waals surface area contributed by atoms with Crippen LogP contribution in [0.1, 0.15) is 108 Å². The smallest absolute Gasteiger partial charge is 0.178 e. The van der Waals surface area contributed by atoms with Crippen molar-refractivity contribution in [3.63, 3.8) is 0 Å². The number of benzene rings is 1. The summed E-state index contributed by atoms with van der Waals surface area (Å²) in [6, 6.07) is 10.1. The molecular formula is C31H51N5O2. The van der Waals surface area contributed by atoms with Crippen LogP contribution < -0.4 is 10.2 Å². The van der Waals surface area contributed by atoms with Gasteiger partial charge in [0.25, 0.3) is 0 Å². The van der Waals surface area contributed by atoms with Gasteiger partial charge in [-0.15, -0.1) is 0 Å². The maximum atomic E-state index is 11.9. The van der Waals surface area contributed by atoms with Gasteiger partial charge in [0, 0.05) is 58.3 Å². The van der Waals surface area contributed by atoms with Gasteiger partial charge in [0.1, 0.15) is 28.8 Å². The first-order chi connectivity index (χ1) is 18.4. The molecule has 1 aliphatic heterocycles. The van der Waals surface area contributed by atoms with Crippen LogP contribution in [0.5, 0.6) is 0 Å². The topological polar surface area (TPSA) is 90.5 Å². The van der Waals surface area contributed by atoms with E-state index in [0.717, 1.165) is 44.0 Å². The van der Waals surface area contributed by atoms with Crippen LogP contribution in [-0.4, -0.2) is 48.5 Å². The Morgan fingerprint density at radius 2 is 1.66 bits per heavy atom. The van der Waals surface area contributed by atoms with Gasteiger partial charge in [0.15, 0.2) is 11.6 Å². The molecule has 1 aliphatic rings. The summed E-state index contributed by atoms with van der Waals surface area (Å²) in [7, 11) is 1.82. The molecule has 1 N–H and O–H groups in total. The molecule has 0 aliphatic carbocycles. The van der Waals surface area contributed by atoms with E-state index in [1.165, 1.54) is 12.5 Å². The zero-order valence-electron chi connectivity index (χ0n) is 25.7. The summed E-state index contributed by atoms with van der Waals surface area (Å²) < 4.78 is 1.80. The molecule has 0 radical (unpaired) electrons. The number of rotatable bonds is 6. The normalized spacial score (nSPS) is 11.8. The number of aliphatic imine (C=N–C) groups is 1. The molecule has 3 rings (SSSR count). The molecule has 0 atom stereocenters. The zero-order valence-corrected chi connectivity index (χ0v) is 25.7. The summed E-state index contributed by atoms with van der Waals surface area (Å²) in [5.74, 6) is 0.941. The Hall–Kier alpha value is -3.24. The quantitative estimate of drug-likeness (QED) is 0.319. The number of anilines is 1. The number of ketones is 2. The SMILES string of the molecule is CC.CC.CC.CC=Nc1c(C#N)c(N2CCNCC2)n(C)c1C(C)=O.CCC(=O)c1cccc(CC)c1. The van der Waals surface area contributed by atoms with E-state index in [2.05, 4.69) is 28.2 Å². The summed E-state index contributed by atoms with van der Waals surface area (Å²) in [5.41, 5.74) is 3.54. The van der Waals surface area contributed by atoms with E-state index in [9.17, 15) is 14.9 Å². The molecule has 0 saturated carbocycles. The molecular weight excluding hydrogens is 474 g/mol. The van der Waals surface area contributed by atoms with Crippen molar-refractivity contribution in [3.8, 4) is 6.07 Å². The zero-order chi connectivity index (χ0) is 29.7. The Morgan fingerprint density at radius 1 is 1.08 bits per heavy atom. The molecule has 1 aromatic carbocycles. The lowest BCUT2D eigenvalue weighted by Gasteiger charge is -2.30. The number of aromatic nitrogens is 1. The highest BCUT2D eigenvalue weighted by molar-refractivity contribution is 6.01. The Kier molecular flexibility index (Phi) is 21.2. The van der Waals surface area contributed by atoms with E-state index < -0.39 is 0 Å². The molecule has 0 bridgehead atoms. The number of nitrogens with one attached hydrogen (secondary N) is 1. The van der Waals surface area contributed by atoms with Crippen molar-refractivity contribution < 1.29 is 9.59 Å². The van der Waals surface area contributed by atoms with Crippen molar-refractivity contribution in [2.45, 2.75) is 82.1 Å². The van der Waals surface area contributed by atoms with E-state index >= 15 is 0 Å². The van der Waals surface area contributed by atoms with Crippen molar-refractivity contribution in [2.24, 2.45) is 12.0 Å². The van der Waals surface area contributed by atoms with Crippen molar-refractivity contribution in [1.29, 1.82) is 5.26 Å². The first-order valence-corrected chi connectivity index (χ1v) is 14.1. The third-order valence-electron chi connectivity index (χ3n) is 5.44. The highest BCUT2D eigenvalue weighted by Gasteiger charge is 2.27. The van der Waals surface area contributed by atoms with E-state index in [1.807, 2.05) is 79.8 Å². The number of nitriles is 1. The second-order valence-electron chi connectivity index (χ2n) is 7.58. The molecule has 38 heavy (non-hydrogen) atoms. The monoisotopic (exact) mass is 525 g/mol. The summed E-state index contributed by atoms with van der Waals surface area (Å²) in [4.78, 5) is 29.6. The fourth-order valence-electron chi connectivity index (χ4n) is 3.83. The van der Waals surface area contributed by atoms with Crippen LogP contribution in [0.25, 0.3) is 0 Å². The summed E-state index contributed by atoms with van der Waals surface area (Å²) >= 11 is 0. The molecule has 0 spiro atoms. The van der Waals surface area contributed by atoms with E-state index in [4.69, 9.17) is 0 Å². The molecule has 2 heterocycles. The van der Waals surface area contributed by atoms with Gasteiger partial charge in [-0.25, -0.2) is 0 Å². The first kappa shape index (κ1) is 36.9. The van der Waals surface area contributed by atoms with Crippen molar-refractivity contribution >= 4 is 29.3 Å². The first-order valence-electron chi connectivity index (χ1n) is 14.1. The summed E-state index contributed by atoms with van der Waals surface area (Å²) in [6.07, 6.45) is 3.20. The molecule has 212 valence electrons. The minimum atomic E-state index is -0.0778. The largest absolute Gasteiger partial charge is 0.354 e. The van der Waals surface area contributed by atoms with Gasteiger partial charge in [-0.3, -0.25) is 14.6 Å². The average Bonchev–Trinajstić information content (AvgIpc) is 3.27. The Bertz CT molecular complexity index is 1030. The Labute approximate surface area is 232 Å². The van der Waals surface area contributed by atoms with Crippen LogP contribution in [0.2, 0.25) is 0 Å². The average molecular weight is 526 g/mol. The number of carbonyl (C=O) groups excluding carboxylic acids is 2. The highest BCUT2D eigenvalue weighted by Crippen LogP contribution is 2.36. The van der Waals surface area contributed by atoms with Crippen molar-refractivity contribution in [2.75, 3.05) is 31.1 Å². The summed E-state index contributed by atoms with van der Waals surface area (Å²) in [5, 5.41) is 12.8. The number of hydrogen-bond donors (Lipinski definition) is 1. The number of Topliss-reactive ketones (excluding diaryl/α,β-unsaturated/α-hetero) is 2. The van der Waals surface area contributed by atoms with E-state index in [1.54, 1.807) is 17.7 Å². The Morgan fingerprint density at radius 3 is 2.11 bits per heavy atom. The molecule has 2 aromatic rings. The minimum absolute atomic E-state index is 0.0778. The van der Waals surface area contributed by atoms with Crippen LogP contribution in [0, 0.1) is 11.3 Å². The lowest BCUT2D eigenvalue weighted by Crippen LogP contribution is -2.44. The minimum Gasteiger partial charge on any atom is -0.354 e. The highest BCUT2D eigenvalue weighted by atomic mass is 16.1. The number of aryl methyl sites for hydroxylation is 1. The predicted molar refractivity (Wildman–Crippen MR) is 164 cm³/mol. The van der Waals surface area contributed by atoms with Gasteiger partial charge in [-0.2, -0.15) is 5.26 Å². The molecule has 1 saturated heterocycles. The number of piperazine rings is 1. The van der Waals surface area contributed by atoms with Crippen LogP contribution >= 0.6 is 0 Å². The summed E-state index contributed by atoms with van der Waals surface area (Å²) in [6.45, 7) is 22.7. The molecule has 1 fully saturated rings. The maximum Gasteiger partial charge on any atom is 0.178 e. The fraction of sp³-hybridized carbons (Fsp3) is 0.548. The third kappa shape index (κ3) is 10.6. The third-order valence-corrected chi connectivity index (χ3v) is 5.44. The second kappa shape index (κ2) is 21.8. The standard InChI is InChI=1S/C14H19N5O.C11H14O.3C2H6/c1-4-17-12-11(9-15)14(18(3)13(12)10(2)20)19-7-5-16-6-8-19;1-3-9-6-5-7-10(8-9)11(12)4-2;3*1-2/h4,16H,5-8H2,1-3H3;5-8H,3-4H2,1-2H3;3*1-2H3. The molecule has 7 heteroatoms. The van der Waals surface area contributed by atoms with Gasteiger partial charge >= 0.3 is 0 Å². The molecule has 0 unspecified atom stereocenters. The molecule has 0 amide bonds. The maximum absolute atomic E-state index is 11.9. The van der Waals surface area contributed by atoms with Gasteiger partial charge in [0.2, 0.25) is 0 Å². The number of carbonyl (C=O) groups is 2. The second-order valence-corrected chi connectivity index (χ2v) is 7.58. The van der Waals surface area contributed by atoms with Crippen molar-refractivity contribution in [1.82, 2.24) is 9.88 Å². The predicted octanol–water partition coefficient (Wildman–Crippen LogP) is 7.15. The van der Waals surface area contributed by atoms with Gasteiger partial charge < -0.3 is 14.8 Å². The van der Waals surface area contributed by atoms with Crippen LogP contribution in [0.3, 0.4) is 0 Å². The van der Waals surface area contributed by atoms with E-state index in [0.29, 0.717) is 23.4 Å². The van der Waals surface area contributed by atoms with Crippen molar-refractivity contribution in [3.05, 3.63) is 46.6 Å². The molecule has 7 nitrogen and oxygen atoms in total. The number of nitrogens with zero attached hydrogens (tertiary/aromatic N) is 4. The van der Waals surface area contributed by atoms with Crippen LogP contribution in [0.15, 0.2) is 29.3 Å². The number of hydrogen-bond acceptors (Lipinski definition) is 6. The van der Waals surface area contributed by atoms with Crippen LogP contribution in [0.4, 0.5) is 11.5 Å². The van der Waals surface area contributed by atoms with E-state index in [-0.39, 0.29) is 11.6 Å².